The number of rotatable bonds is 4. The third kappa shape index (κ3) is 3.34. The molecule has 0 radical (unpaired) electrons. The van der Waals surface area contributed by atoms with Gasteiger partial charge in [0, 0.05) is 12.1 Å². The van der Waals surface area contributed by atoms with Gasteiger partial charge in [-0.05, 0) is 18.8 Å². The lowest BCUT2D eigenvalue weighted by Crippen LogP contribution is -2.22. The van der Waals surface area contributed by atoms with E-state index >= 15 is 0 Å². The van der Waals surface area contributed by atoms with Gasteiger partial charge in [-0.2, -0.15) is 0 Å². The van der Waals surface area contributed by atoms with Crippen LogP contribution in [0.4, 0.5) is 5.82 Å². The van der Waals surface area contributed by atoms with Crippen molar-refractivity contribution < 1.29 is 0 Å². The van der Waals surface area contributed by atoms with E-state index in [9.17, 15) is 0 Å². The molecule has 4 heteroatoms. The van der Waals surface area contributed by atoms with Gasteiger partial charge >= 0.3 is 0 Å². The van der Waals surface area contributed by atoms with Gasteiger partial charge < -0.3 is 5.32 Å². The lowest BCUT2D eigenvalue weighted by atomic mass is 9.90. The average Bonchev–Trinajstić information content (AvgIpc) is 2.20. The maximum Gasteiger partial charge on any atom is 0.137 e. The minimum absolute atomic E-state index is 0.268. The predicted octanol–water partition coefficient (Wildman–Crippen LogP) is 3.29. The highest BCUT2D eigenvalue weighted by molar-refractivity contribution is 6.30. The molecule has 0 aliphatic rings. The summed E-state index contributed by atoms with van der Waals surface area (Å²) in [4.78, 5) is 8.09. The van der Waals surface area contributed by atoms with Crippen molar-refractivity contribution in [3.63, 3.8) is 0 Å². The van der Waals surface area contributed by atoms with Crippen molar-refractivity contribution in [2.45, 2.75) is 34.1 Å². The van der Waals surface area contributed by atoms with Gasteiger partial charge in [-0.3, -0.25) is 0 Å². The van der Waals surface area contributed by atoms with E-state index in [0.717, 1.165) is 24.3 Å². The van der Waals surface area contributed by atoms with Gasteiger partial charge in [0.15, 0.2) is 0 Å². The van der Waals surface area contributed by atoms with E-state index in [1.165, 1.54) is 6.33 Å². The first-order valence-electron chi connectivity index (χ1n) is 5.17. The van der Waals surface area contributed by atoms with Crippen molar-refractivity contribution >= 4 is 17.4 Å². The molecule has 0 spiro atoms. The third-order valence-corrected chi connectivity index (χ3v) is 3.10. The zero-order valence-corrected chi connectivity index (χ0v) is 10.5. The second-order valence-corrected chi connectivity index (χ2v) is 4.87. The summed E-state index contributed by atoms with van der Waals surface area (Å²) < 4.78 is 0. The molecule has 0 saturated heterocycles. The normalized spacial score (nSPS) is 11.5. The summed E-state index contributed by atoms with van der Waals surface area (Å²) in [6.45, 7) is 9.43. The number of hydrogen-bond acceptors (Lipinski definition) is 3. The van der Waals surface area contributed by atoms with E-state index in [0.29, 0.717) is 5.15 Å². The molecule has 1 aromatic rings. The summed E-state index contributed by atoms with van der Waals surface area (Å²) in [7, 11) is 0. The van der Waals surface area contributed by atoms with Crippen LogP contribution in [0.1, 0.15) is 32.8 Å². The molecule has 0 bridgehead atoms. The molecule has 0 aromatic carbocycles. The number of nitrogens with one attached hydrogen (secondary N) is 1. The maximum atomic E-state index is 5.91. The Labute approximate surface area is 96.3 Å². The van der Waals surface area contributed by atoms with E-state index in [1.54, 1.807) is 0 Å². The summed E-state index contributed by atoms with van der Waals surface area (Å²) >= 11 is 5.91. The van der Waals surface area contributed by atoms with Crippen LogP contribution in [-0.2, 0) is 0 Å². The van der Waals surface area contributed by atoms with E-state index in [4.69, 9.17) is 11.6 Å². The summed E-state index contributed by atoms with van der Waals surface area (Å²) in [6.07, 6.45) is 2.61. The SMILES string of the molecule is CCC(C)(C)CNc1ncnc(Cl)c1C. The highest BCUT2D eigenvalue weighted by atomic mass is 35.5. The van der Waals surface area contributed by atoms with Crippen molar-refractivity contribution in [2.24, 2.45) is 5.41 Å². The Balaban J connectivity index is 2.70. The van der Waals surface area contributed by atoms with Gasteiger partial charge in [0.1, 0.15) is 17.3 Å². The lowest BCUT2D eigenvalue weighted by Gasteiger charge is -2.23. The van der Waals surface area contributed by atoms with Crippen molar-refractivity contribution in [3.8, 4) is 0 Å². The van der Waals surface area contributed by atoms with Crippen LogP contribution in [0.2, 0.25) is 5.15 Å². The number of nitrogens with zero attached hydrogens (tertiary/aromatic N) is 2. The molecular weight excluding hydrogens is 210 g/mol. The molecule has 0 aliphatic carbocycles. The zero-order valence-electron chi connectivity index (χ0n) is 9.76. The molecule has 1 aromatic heterocycles. The quantitative estimate of drug-likeness (QED) is 0.803. The lowest BCUT2D eigenvalue weighted by molar-refractivity contribution is 0.376. The molecule has 1 heterocycles. The van der Waals surface area contributed by atoms with Crippen molar-refractivity contribution in [1.29, 1.82) is 0 Å². The Kier molecular flexibility index (Phi) is 3.91. The monoisotopic (exact) mass is 227 g/mol. The van der Waals surface area contributed by atoms with E-state index in [1.807, 2.05) is 6.92 Å². The van der Waals surface area contributed by atoms with Crippen LogP contribution in [0.15, 0.2) is 6.33 Å². The Hall–Kier alpha value is -0.830. The zero-order chi connectivity index (χ0) is 11.5. The Bertz CT molecular complexity index is 337. The van der Waals surface area contributed by atoms with Crippen LogP contribution < -0.4 is 5.32 Å². The van der Waals surface area contributed by atoms with Crippen LogP contribution in [-0.4, -0.2) is 16.5 Å². The van der Waals surface area contributed by atoms with Crippen LogP contribution in [0, 0.1) is 12.3 Å². The molecular formula is C11H18ClN3. The van der Waals surface area contributed by atoms with Crippen LogP contribution >= 0.6 is 11.6 Å². The minimum atomic E-state index is 0.268. The summed E-state index contributed by atoms with van der Waals surface area (Å²) in [5.74, 6) is 0.830. The molecule has 0 fully saturated rings. The van der Waals surface area contributed by atoms with Gasteiger partial charge in [-0.25, -0.2) is 9.97 Å². The fourth-order valence-corrected chi connectivity index (χ4v) is 1.19. The maximum absolute atomic E-state index is 5.91. The first-order chi connectivity index (χ1) is 6.96. The fraction of sp³-hybridized carbons (Fsp3) is 0.636. The second-order valence-electron chi connectivity index (χ2n) is 4.51. The van der Waals surface area contributed by atoms with Gasteiger partial charge in [-0.15, -0.1) is 0 Å². The molecule has 0 saturated carbocycles. The number of halogens is 1. The molecule has 0 aliphatic heterocycles. The fourth-order valence-electron chi connectivity index (χ4n) is 1.05. The molecule has 15 heavy (non-hydrogen) atoms. The van der Waals surface area contributed by atoms with E-state index in [-0.39, 0.29) is 5.41 Å². The molecule has 1 rings (SSSR count). The highest BCUT2D eigenvalue weighted by Crippen LogP contribution is 2.22. The van der Waals surface area contributed by atoms with Crippen LogP contribution in [0.3, 0.4) is 0 Å². The Morgan fingerprint density at radius 1 is 1.40 bits per heavy atom. The topological polar surface area (TPSA) is 37.8 Å². The minimum Gasteiger partial charge on any atom is -0.369 e. The van der Waals surface area contributed by atoms with Crippen LogP contribution in [0.25, 0.3) is 0 Å². The average molecular weight is 228 g/mol. The van der Waals surface area contributed by atoms with Gasteiger partial charge in [0.05, 0.1) is 0 Å². The molecule has 0 amide bonds. The first-order valence-corrected chi connectivity index (χ1v) is 5.55. The van der Waals surface area contributed by atoms with Gasteiger partial charge in [0.2, 0.25) is 0 Å². The van der Waals surface area contributed by atoms with Gasteiger partial charge in [0.25, 0.3) is 0 Å². The molecule has 0 unspecified atom stereocenters. The summed E-state index contributed by atoms with van der Waals surface area (Å²) in [6, 6.07) is 0. The molecule has 1 N–H and O–H groups in total. The summed E-state index contributed by atoms with van der Waals surface area (Å²) in [5, 5.41) is 3.82. The predicted molar refractivity (Wildman–Crippen MR) is 64.3 cm³/mol. The third-order valence-electron chi connectivity index (χ3n) is 2.71. The molecule has 84 valence electrons. The molecule has 0 atom stereocenters. The molecule has 3 nitrogen and oxygen atoms in total. The van der Waals surface area contributed by atoms with E-state index < -0.39 is 0 Å². The Morgan fingerprint density at radius 3 is 2.67 bits per heavy atom. The summed E-state index contributed by atoms with van der Waals surface area (Å²) in [5.41, 5.74) is 1.18. The Morgan fingerprint density at radius 2 is 2.07 bits per heavy atom. The standard InChI is InChI=1S/C11H18ClN3/c1-5-11(3,4)6-13-10-8(2)9(12)14-7-15-10/h7H,5-6H2,1-4H3,(H,13,14,15). The smallest absolute Gasteiger partial charge is 0.137 e. The largest absolute Gasteiger partial charge is 0.369 e. The number of anilines is 1. The second kappa shape index (κ2) is 4.79. The first kappa shape index (κ1) is 12.2. The number of hydrogen-bond donors (Lipinski definition) is 1. The van der Waals surface area contributed by atoms with Crippen molar-refractivity contribution in [2.75, 3.05) is 11.9 Å². The van der Waals surface area contributed by atoms with Gasteiger partial charge in [-0.1, -0.05) is 32.4 Å². The van der Waals surface area contributed by atoms with Crippen molar-refractivity contribution in [1.82, 2.24) is 9.97 Å². The number of aromatic nitrogens is 2. The van der Waals surface area contributed by atoms with E-state index in [2.05, 4.69) is 36.1 Å². The van der Waals surface area contributed by atoms with Crippen LogP contribution in [0.5, 0.6) is 0 Å². The highest BCUT2D eigenvalue weighted by Gasteiger charge is 2.15. The van der Waals surface area contributed by atoms with Crippen molar-refractivity contribution in [3.05, 3.63) is 17.0 Å².